The van der Waals surface area contributed by atoms with Crippen LogP contribution >= 0.6 is 0 Å². The number of aromatic nitrogens is 1. The lowest BCUT2D eigenvalue weighted by Gasteiger charge is -2.17. The average Bonchev–Trinajstić information content (AvgIpc) is 2.85. The van der Waals surface area contributed by atoms with Crippen molar-refractivity contribution in [3.8, 4) is 0 Å². The molecule has 0 aliphatic rings. The van der Waals surface area contributed by atoms with Gasteiger partial charge in [0.2, 0.25) is 0 Å². The predicted octanol–water partition coefficient (Wildman–Crippen LogP) is 3.72. The van der Waals surface area contributed by atoms with Gasteiger partial charge in [-0.05, 0) is 42.8 Å². The summed E-state index contributed by atoms with van der Waals surface area (Å²) >= 11 is 0. The molecule has 2 rings (SSSR count). The number of carbonyl (C=O) groups is 1. The topological polar surface area (TPSA) is 44.9 Å². The van der Waals surface area contributed by atoms with E-state index < -0.39 is 0 Å². The molecular formula is C16H22N2O. The van der Waals surface area contributed by atoms with Crippen LogP contribution in [0, 0.1) is 5.92 Å². The summed E-state index contributed by atoms with van der Waals surface area (Å²) in [5, 5.41) is 4.19. The second-order valence-corrected chi connectivity index (χ2v) is 5.40. The Hall–Kier alpha value is -1.77. The molecule has 2 N–H and O–H groups in total. The van der Waals surface area contributed by atoms with Crippen LogP contribution in [0.5, 0.6) is 0 Å². The van der Waals surface area contributed by atoms with Crippen molar-refractivity contribution in [1.29, 1.82) is 0 Å². The van der Waals surface area contributed by atoms with Gasteiger partial charge in [-0.25, -0.2) is 0 Å². The van der Waals surface area contributed by atoms with Crippen LogP contribution < -0.4 is 5.32 Å². The Labute approximate surface area is 114 Å². The first-order chi connectivity index (χ1) is 9.10. The first-order valence-corrected chi connectivity index (χ1v) is 6.98. The Morgan fingerprint density at radius 1 is 1.32 bits per heavy atom. The molecule has 2 aromatic rings. The number of aromatic amines is 1. The maximum Gasteiger partial charge on any atom is 0.251 e. The van der Waals surface area contributed by atoms with E-state index in [-0.39, 0.29) is 11.9 Å². The summed E-state index contributed by atoms with van der Waals surface area (Å²) in [7, 11) is 0. The molecule has 1 aromatic carbocycles. The van der Waals surface area contributed by atoms with Gasteiger partial charge in [0, 0.05) is 23.3 Å². The van der Waals surface area contributed by atoms with E-state index >= 15 is 0 Å². The minimum Gasteiger partial charge on any atom is -0.361 e. The van der Waals surface area contributed by atoms with Gasteiger partial charge in [-0.3, -0.25) is 4.79 Å². The van der Waals surface area contributed by atoms with E-state index in [0.29, 0.717) is 11.5 Å². The molecule has 0 aliphatic carbocycles. The van der Waals surface area contributed by atoms with Gasteiger partial charge >= 0.3 is 0 Å². The zero-order chi connectivity index (χ0) is 13.8. The molecule has 102 valence electrons. The smallest absolute Gasteiger partial charge is 0.251 e. The van der Waals surface area contributed by atoms with E-state index in [4.69, 9.17) is 0 Å². The molecule has 2 atom stereocenters. The van der Waals surface area contributed by atoms with Gasteiger partial charge in [0.1, 0.15) is 0 Å². The van der Waals surface area contributed by atoms with Crippen molar-refractivity contribution < 1.29 is 4.79 Å². The molecule has 3 heteroatoms. The second-order valence-electron chi connectivity index (χ2n) is 5.40. The zero-order valence-electron chi connectivity index (χ0n) is 11.9. The summed E-state index contributed by atoms with van der Waals surface area (Å²) in [6.45, 7) is 6.46. The number of H-pyrrole nitrogens is 1. The number of amides is 1. The molecular weight excluding hydrogens is 236 g/mol. The summed E-state index contributed by atoms with van der Waals surface area (Å²) in [5.74, 6) is 0.647. The van der Waals surface area contributed by atoms with Crippen molar-refractivity contribution in [2.45, 2.75) is 39.7 Å². The van der Waals surface area contributed by atoms with Gasteiger partial charge in [0.25, 0.3) is 5.91 Å². The maximum atomic E-state index is 12.2. The normalized spacial score (nSPS) is 14.3. The summed E-state index contributed by atoms with van der Waals surface area (Å²) in [5.41, 5.74) is 1.72. The molecule has 0 saturated carbocycles. The third kappa shape index (κ3) is 3.37. The minimum absolute atomic E-state index is 0.00676. The first kappa shape index (κ1) is 13.7. The molecule has 1 aromatic heterocycles. The average molecular weight is 258 g/mol. The van der Waals surface area contributed by atoms with E-state index in [9.17, 15) is 4.79 Å². The lowest BCUT2D eigenvalue weighted by molar-refractivity contribution is 0.0935. The highest BCUT2D eigenvalue weighted by Gasteiger charge is 2.12. The highest BCUT2D eigenvalue weighted by Crippen LogP contribution is 2.15. The summed E-state index contributed by atoms with van der Waals surface area (Å²) in [6, 6.07) is 7.96. The van der Waals surface area contributed by atoms with Crippen molar-refractivity contribution in [1.82, 2.24) is 10.3 Å². The number of rotatable bonds is 5. The zero-order valence-corrected chi connectivity index (χ0v) is 11.9. The standard InChI is InChI=1S/C16H22N2O/c1-4-11(2)9-12(3)18-16(19)14-6-5-13-7-8-17-15(13)10-14/h5-8,10-12,17H,4,9H2,1-3H3,(H,18,19). The first-order valence-electron chi connectivity index (χ1n) is 6.98. The molecule has 0 bridgehead atoms. The Balaban J connectivity index is 2.02. The Bertz CT molecular complexity index is 559. The van der Waals surface area contributed by atoms with Gasteiger partial charge in [0.15, 0.2) is 0 Å². The van der Waals surface area contributed by atoms with Crippen LogP contribution in [0.1, 0.15) is 44.0 Å². The summed E-state index contributed by atoms with van der Waals surface area (Å²) in [4.78, 5) is 15.3. The fourth-order valence-electron chi connectivity index (χ4n) is 2.33. The molecule has 19 heavy (non-hydrogen) atoms. The molecule has 1 amide bonds. The van der Waals surface area contributed by atoms with Crippen molar-refractivity contribution in [2.24, 2.45) is 5.92 Å². The number of nitrogens with one attached hydrogen (secondary N) is 2. The van der Waals surface area contributed by atoms with E-state index in [1.54, 1.807) is 0 Å². The van der Waals surface area contributed by atoms with Crippen LogP contribution in [0.25, 0.3) is 10.9 Å². The number of carbonyl (C=O) groups excluding carboxylic acids is 1. The molecule has 0 radical (unpaired) electrons. The largest absolute Gasteiger partial charge is 0.361 e. The SMILES string of the molecule is CCC(C)CC(C)NC(=O)c1ccc2cc[nH]c2c1. The molecule has 0 spiro atoms. The van der Waals surface area contributed by atoms with Crippen LogP contribution in [-0.2, 0) is 0 Å². The minimum atomic E-state index is 0.00676. The third-order valence-electron chi connectivity index (χ3n) is 3.65. The van der Waals surface area contributed by atoms with Crippen LogP contribution in [0.15, 0.2) is 30.5 Å². The number of benzene rings is 1. The summed E-state index contributed by atoms with van der Waals surface area (Å²) in [6.07, 6.45) is 4.06. The fourth-order valence-corrected chi connectivity index (χ4v) is 2.33. The fraction of sp³-hybridized carbons (Fsp3) is 0.438. The van der Waals surface area contributed by atoms with Crippen LogP contribution in [0.2, 0.25) is 0 Å². The highest BCUT2D eigenvalue weighted by molar-refractivity contribution is 5.98. The third-order valence-corrected chi connectivity index (χ3v) is 3.65. The van der Waals surface area contributed by atoms with E-state index in [0.717, 1.165) is 23.7 Å². The summed E-state index contributed by atoms with van der Waals surface area (Å²) < 4.78 is 0. The second kappa shape index (κ2) is 5.91. The lowest BCUT2D eigenvalue weighted by Crippen LogP contribution is -2.33. The predicted molar refractivity (Wildman–Crippen MR) is 79.3 cm³/mol. The number of hydrogen-bond donors (Lipinski definition) is 2. The molecule has 0 aliphatic heterocycles. The maximum absolute atomic E-state index is 12.2. The molecule has 2 unspecified atom stereocenters. The van der Waals surface area contributed by atoms with Gasteiger partial charge in [-0.15, -0.1) is 0 Å². The molecule has 0 fully saturated rings. The Morgan fingerprint density at radius 2 is 2.11 bits per heavy atom. The number of hydrogen-bond acceptors (Lipinski definition) is 1. The van der Waals surface area contributed by atoms with Crippen LogP contribution in [-0.4, -0.2) is 16.9 Å². The Kier molecular flexibility index (Phi) is 4.25. The van der Waals surface area contributed by atoms with Crippen LogP contribution in [0.4, 0.5) is 0 Å². The molecule has 0 saturated heterocycles. The van der Waals surface area contributed by atoms with E-state index in [1.165, 1.54) is 0 Å². The van der Waals surface area contributed by atoms with Gasteiger partial charge in [0.05, 0.1) is 0 Å². The quantitative estimate of drug-likeness (QED) is 0.843. The Morgan fingerprint density at radius 3 is 2.84 bits per heavy atom. The lowest BCUT2D eigenvalue weighted by atomic mass is 10.00. The van der Waals surface area contributed by atoms with Crippen molar-refractivity contribution >= 4 is 16.8 Å². The van der Waals surface area contributed by atoms with E-state index in [2.05, 4.69) is 31.1 Å². The molecule has 3 nitrogen and oxygen atoms in total. The van der Waals surface area contributed by atoms with Crippen molar-refractivity contribution in [3.05, 3.63) is 36.0 Å². The van der Waals surface area contributed by atoms with Crippen LogP contribution in [0.3, 0.4) is 0 Å². The van der Waals surface area contributed by atoms with Gasteiger partial charge in [-0.1, -0.05) is 26.3 Å². The van der Waals surface area contributed by atoms with Crippen molar-refractivity contribution in [3.63, 3.8) is 0 Å². The van der Waals surface area contributed by atoms with Crippen molar-refractivity contribution in [2.75, 3.05) is 0 Å². The van der Waals surface area contributed by atoms with Gasteiger partial charge in [-0.2, -0.15) is 0 Å². The van der Waals surface area contributed by atoms with E-state index in [1.807, 2.05) is 30.5 Å². The highest BCUT2D eigenvalue weighted by atomic mass is 16.1. The number of fused-ring (bicyclic) bond motifs is 1. The van der Waals surface area contributed by atoms with Gasteiger partial charge < -0.3 is 10.3 Å². The molecule has 1 heterocycles. The monoisotopic (exact) mass is 258 g/mol.